The van der Waals surface area contributed by atoms with E-state index in [1.54, 1.807) is 0 Å². The molecule has 21 heavy (non-hydrogen) atoms. The summed E-state index contributed by atoms with van der Waals surface area (Å²) in [5.74, 6) is 0.134. The topological polar surface area (TPSA) is 32.8 Å². The maximum atomic E-state index is 12.0. The Kier molecular flexibility index (Phi) is 9.79. The van der Waals surface area contributed by atoms with Crippen molar-refractivity contribution in [2.24, 2.45) is 0 Å². The molecule has 1 saturated heterocycles. The van der Waals surface area contributed by atoms with Gasteiger partial charge in [-0.15, -0.1) is 0 Å². The summed E-state index contributed by atoms with van der Waals surface area (Å²) in [5, 5.41) is 0. The summed E-state index contributed by atoms with van der Waals surface area (Å²) in [7, 11) is 0. The molecule has 0 saturated carbocycles. The highest BCUT2D eigenvalue weighted by Gasteiger charge is 2.17. The number of ether oxygens (including phenoxy) is 1. The van der Waals surface area contributed by atoms with Gasteiger partial charge in [-0.25, -0.2) is 0 Å². The fourth-order valence-electron chi connectivity index (χ4n) is 2.48. The average molecular weight is 314 g/mol. The second-order valence-corrected chi connectivity index (χ2v) is 6.01. The number of rotatable bonds is 10. The Morgan fingerprint density at radius 2 is 1.81 bits per heavy atom. The van der Waals surface area contributed by atoms with Crippen LogP contribution in [-0.2, 0) is 9.53 Å². The molecule has 0 aromatic rings. The molecule has 0 radical (unpaired) electrons. The Hall–Kier alpha value is -0.520. The Morgan fingerprint density at radius 3 is 2.43 bits per heavy atom. The van der Waals surface area contributed by atoms with Gasteiger partial charge in [-0.2, -0.15) is 0 Å². The van der Waals surface area contributed by atoms with Gasteiger partial charge >= 0.3 is 0 Å². The van der Waals surface area contributed by atoms with E-state index >= 15 is 0 Å². The summed E-state index contributed by atoms with van der Waals surface area (Å²) < 4.78 is 5.36. The molecule has 0 N–H and O–H groups in total. The number of hydrogen-bond donors (Lipinski definition) is 0. The molecule has 0 aromatic carbocycles. The first-order valence-corrected chi connectivity index (χ1v) is 8.72. The number of morpholine rings is 1. The Morgan fingerprint density at radius 1 is 1.14 bits per heavy atom. The minimum atomic E-state index is 0.134. The molecule has 0 atom stereocenters. The lowest BCUT2D eigenvalue weighted by Crippen LogP contribution is -2.40. The van der Waals surface area contributed by atoms with Gasteiger partial charge in [0, 0.05) is 39.1 Å². The second kappa shape index (κ2) is 11.1. The van der Waals surface area contributed by atoms with Gasteiger partial charge in [-0.1, -0.05) is 32.5 Å². The zero-order valence-corrected chi connectivity index (χ0v) is 14.4. The normalized spacial score (nSPS) is 15.9. The number of nitrogens with zero attached hydrogens (tertiary/aromatic N) is 2. The van der Waals surface area contributed by atoms with Crippen LogP contribution in [0.4, 0.5) is 0 Å². The lowest BCUT2D eigenvalue weighted by Gasteiger charge is -2.29. The van der Waals surface area contributed by atoms with E-state index in [0.29, 0.717) is 11.4 Å². The SMILES string of the molecule is CCCCN(CCCN1CCOCC1)C(=S)C(=O)CCC. The largest absolute Gasteiger partial charge is 0.379 e. The minimum absolute atomic E-state index is 0.134. The van der Waals surface area contributed by atoms with Crippen LogP contribution in [0.5, 0.6) is 0 Å². The van der Waals surface area contributed by atoms with Crippen molar-refractivity contribution in [3.05, 3.63) is 0 Å². The number of carbonyl (C=O) groups is 1. The highest BCUT2D eigenvalue weighted by Crippen LogP contribution is 2.05. The van der Waals surface area contributed by atoms with Gasteiger partial charge in [0.15, 0.2) is 5.78 Å². The van der Waals surface area contributed by atoms with Crippen molar-refractivity contribution >= 4 is 23.0 Å². The predicted molar refractivity (Wildman–Crippen MR) is 90.9 cm³/mol. The number of thiocarbonyl (C=S) groups is 1. The molecule has 1 heterocycles. The van der Waals surface area contributed by atoms with E-state index in [1.165, 1.54) is 0 Å². The van der Waals surface area contributed by atoms with E-state index < -0.39 is 0 Å². The monoisotopic (exact) mass is 314 g/mol. The summed E-state index contributed by atoms with van der Waals surface area (Å²) in [4.78, 5) is 17.1. The van der Waals surface area contributed by atoms with Crippen molar-refractivity contribution in [3.8, 4) is 0 Å². The van der Waals surface area contributed by atoms with E-state index in [1.807, 2.05) is 6.92 Å². The van der Waals surface area contributed by atoms with Crippen LogP contribution in [0.15, 0.2) is 0 Å². The molecule has 0 amide bonds. The van der Waals surface area contributed by atoms with Crippen LogP contribution in [0.25, 0.3) is 0 Å². The molecule has 5 heteroatoms. The van der Waals surface area contributed by atoms with Crippen molar-refractivity contribution in [1.29, 1.82) is 0 Å². The molecule has 1 fully saturated rings. The number of hydrogen-bond acceptors (Lipinski definition) is 4. The van der Waals surface area contributed by atoms with Gasteiger partial charge in [0.2, 0.25) is 0 Å². The average Bonchev–Trinajstić information content (AvgIpc) is 2.51. The second-order valence-electron chi connectivity index (χ2n) is 5.63. The third-order valence-corrected chi connectivity index (χ3v) is 4.28. The van der Waals surface area contributed by atoms with Crippen LogP contribution >= 0.6 is 12.2 Å². The highest BCUT2D eigenvalue weighted by atomic mass is 32.1. The fourth-order valence-corrected chi connectivity index (χ4v) is 2.77. The van der Waals surface area contributed by atoms with Gasteiger partial charge in [-0.3, -0.25) is 9.69 Å². The Balaban J connectivity index is 2.37. The van der Waals surface area contributed by atoms with E-state index in [-0.39, 0.29) is 5.78 Å². The number of Topliss-reactive ketones (excluding diaryl/α,β-unsaturated/α-hetero) is 1. The summed E-state index contributed by atoms with van der Waals surface area (Å²) >= 11 is 5.39. The zero-order chi connectivity index (χ0) is 15.5. The smallest absolute Gasteiger partial charge is 0.189 e. The standard InChI is InChI=1S/C16H30N2O2S/c1-3-5-9-18(16(21)15(19)7-4-2)10-6-8-17-11-13-20-14-12-17/h3-14H2,1-2H3. The molecule has 0 aliphatic carbocycles. The first-order valence-electron chi connectivity index (χ1n) is 8.31. The van der Waals surface area contributed by atoms with E-state index in [9.17, 15) is 4.79 Å². The van der Waals surface area contributed by atoms with Crippen molar-refractivity contribution in [2.75, 3.05) is 45.9 Å². The molecule has 0 aromatic heterocycles. The highest BCUT2D eigenvalue weighted by molar-refractivity contribution is 7.82. The van der Waals surface area contributed by atoms with E-state index in [2.05, 4.69) is 16.7 Å². The van der Waals surface area contributed by atoms with Crippen molar-refractivity contribution in [3.63, 3.8) is 0 Å². The first-order chi connectivity index (χ1) is 10.2. The lowest BCUT2D eigenvalue weighted by molar-refractivity contribution is -0.113. The van der Waals surface area contributed by atoms with Crippen LogP contribution in [0.1, 0.15) is 46.0 Å². The summed E-state index contributed by atoms with van der Waals surface area (Å²) in [5.41, 5.74) is 0. The van der Waals surface area contributed by atoms with Crippen molar-refractivity contribution < 1.29 is 9.53 Å². The number of unbranched alkanes of at least 4 members (excludes halogenated alkanes) is 1. The van der Waals surface area contributed by atoms with Gasteiger partial charge in [0.05, 0.1) is 13.2 Å². The predicted octanol–water partition coefficient (Wildman–Crippen LogP) is 2.51. The van der Waals surface area contributed by atoms with Crippen LogP contribution in [0, 0.1) is 0 Å². The maximum absolute atomic E-state index is 12.0. The molecule has 0 bridgehead atoms. The molecular weight excluding hydrogens is 284 g/mol. The van der Waals surface area contributed by atoms with Gasteiger partial charge in [0.25, 0.3) is 0 Å². The number of ketones is 1. The maximum Gasteiger partial charge on any atom is 0.189 e. The molecular formula is C16H30N2O2S. The molecule has 4 nitrogen and oxygen atoms in total. The molecule has 1 rings (SSSR count). The molecule has 122 valence electrons. The van der Waals surface area contributed by atoms with Crippen LogP contribution in [0.2, 0.25) is 0 Å². The third kappa shape index (κ3) is 7.34. The summed E-state index contributed by atoms with van der Waals surface area (Å²) in [6.07, 6.45) is 4.73. The van der Waals surface area contributed by atoms with Crippen molar-refractivity contribution in [1.82, 2.24) is 9.80 Å². The fraction of sp³-hybridized carbons (Fsp3) is 0.875. The Bertz CT molecular complexity index is 317. The lowest BCUT2D eigenvalue weighted by atomic mass is 10.2. The van der Waals surface area contributed by atoms with Gasteiger partial charge < -0.3 is 9.64 Å². The van der Waals surface area contributed by atoms with E-state index in [0.717, 1.165) is 71.6 Å². The molecule has 1 aliphatic heterocycles. The van der Waals surface area contributed by atoms with Crippen molar-refractivity contribution in [2.45, 2.75) is 46.0 Å². The zero-order valence-electron chi connectivity index (χ0n) is 13.6. The van der Waals surface area contributed by atoms with Crippen LogP contribution in [0.3, 0.4) is 0 Å². The van der Waals surface area contributed by atoms with Crippen LogP contribution < -0.4 is 0 Å². The summed E-state index contributed by atoms with van der Waals surface area (Å²) in [6.45, 7) is 10.8. The quantitative estimate of drug-likeness (QED) is 0.579. The van der Waals surface area contributed by atoms with E-state index in [4.69, 9.17) is 17.0 Å². The van der Waals surface area contributed by atoms with Gasteiger partial charge in [0.1, 0.15) is 4.99 Å². The minimum Gasteiger partial charge on any atom is -0.379 e. The van der Waals surface area contributed by atoms with Gasteiger partial charge in [-0.05, 0) is 19.3 Å². The Labute approximate surface area is 134 Å². The molecule has 0 spiro atoms. The van der Waals surface area contributed by atoms with Crippen LogP contribution in [-0.4, -0.2) is 66.5 Å². The molecule has 0 unspecified atom stereocenters. The third-order valence-electron chi connectivity index (χ3n) is 3.79. The first kappa shape index (κ1) is 18.5. The summed E-state index contributed by atoms with van der Waals surface area (Å²) in [6, 6.07) is 0. The number of carbonyl (C=O) groups excluding carboxylic acids is 1. The molecule has 1 aliphatic rings.